The molecular weight excluding hydrogens is 267 g/mol. The third-order valence-corrected chi connectivity index (χ3v) is 3.09. The van der Waals surface area contributed by atoms with Gasteiger partial charge in [-0.05, 0) is 37.2 Å². The van der Waals surface area contributed by atoms with E-state index in [1.165, 1.54) is 6.07 Å². The van der Waals surface area contributed by atoms with Gasteiger partial charge in [-0.3, -0.25) is 0 Å². The molecule has 0 radical (unpaired) electrons. The highest BCUT2D eigenvalue weighted by molar-refractivity contribution is 5.85. The van der Waals surface area contributed by atoms with E-state index in [0.717, 1.165) is 11.6 Å². The highest BCUT2D eigenvalue weighted by atomic mass is 35.5. The van der Waals surface area contributed by atoms with Crippen molar-refractivity contribution >= 4 is 12.4 Å². The van der Waals surface area contributed by atoms with Crippen LogP contribution in [0, 0.1) is 0 Å². The zero-order valence-corrected chi connectivity index (χ0v) is 10.9. The molecule has 0 saturated heterocycles. The summed E-state index contributed by atoms with van der Waals surface area (Å²) in [6.45, 7) is 2.25. The molecule has 1 aromatic carbocycles. The fourth-order valence-corrected chi connectivity index (χ4v) is 2.08. The van der Waals surface area contributed by atoms with Gasteiger partial charge in [-0.2, -0.15) is 13.2 Å². The van der Waals surface area contributed by atoms with E-state index in [4.69, 9.17) is 4.74 Å². The van der Waals surface area contributed by atoms with Crippen molar-refractivity contribution in [1.82, 2.24) is 5.32 Å². The van der Waals surface area contributed by atoms with Crippen molar-refractivity contribution in [1.29, 1.82) is 0 Å². The Labute approximate surface area is 110 Å². The maximum atomic E-state index is 12.6. The van der Waals surface area contributed by atoms with Gasteiger partial charge in [0.25, 0.3) is 0 Å². The molecule has 1 aliphatic rings. The predicted molar refractivity (Wildman–Crippen MR) is 64.9 cm³/mol. The number of halogens is 4. The van der Waals surface area contributed by atoms with Crippen LogP contribution < -0.4 is 5.32 Å². The second-order valence-corrected chi connectivity index (χ2v) is 4.16. The van der Waals surface area contributed by atoms with E-state index < -0.39 is 11.7 Å². The summed E-state index contributed by atoms with van der Waals surface area (Å²) < 4.78 is 43.3. The molecule has 1 aliphatic heterocycles. The third kappa shape index (κ3) is 2.79. The van der Waals surface area contributed by atoms with Gasteiger partial charge in [0.15, 0.2) is 0 Å². The van der Waals surface area contributed by atoms with Gasteiger partial charge >= 0.3 is 6.18 Å². The zero-order valence-electron chi connectivity index (χ0n) is 10.0. The summed E-state index contributed by atoms with van der Waals surface area (Å²) in [5, 5.41) is 3.03. The molecule has 1 aromatic rings. The van der Waals surface area contributed by atoms with Crippen molar-refractivity contribution in [2.75, 3.05) is 13.7 Å². The number of benzene rings is 1. The average Bonchev–Trinajstić information content (AvgIpc) is 2.28. The summed E-state index contributed by atoms with van der Waals surface area (Å²) in [4.78, 5) is 0. The summed E-state index contributed by atoms with van der Waals surface area (Å²) in [6, 6.07) is 3.81. The first kappa shape index (κ1) is 15.3. The summed E-state index contributed by atoms with van der Waals surface area (Å²) in [5.41, 5.74) is 0.883. The number of ether oxygens (including phenoxy) is 1. The first-order valence-electron chi connectivity index (χ1n) is 5.43. The highest BCUT2D eigenvalue weighted by Gasteiger charge is 2.33. The largest absolute Gasteiger partial charge is 0.416 e. The molecule has 18 heavy (non-hydrogen) atoms. The molecule has 0 amide bonds. The van der Waals surface area contributed by atoms with Crippen molar-refractivity contribution in [2.45, 2.75) is 25.2 Å². The molecule has 2 rings (SSSR count). The quantitative estimate of drug-likeness (QED) is 0.851. The molecule has 102 valence electrons. The molecule has 0 saturated carbocycles. The van der Waals surface area contributed by atoms with Crippen molar-refractivity contribution in [3.63, 3.8) is 0 Å². The number of hydrogen-bond acceptors (Lipinski definition) is 2. The van der Waals surface area contributed by atoms with E-state index in [0.29, 0.717) is 12.2 Å². The van der Waals surface area contributed by atoms with E-state index in [1.54, 1.807) is 20.0 Å². The lowest BCUT2D eigenvalue weighted by atomic mass is 9.93. The lowest BCUT2D eigenvalue weighted by molar-refractivity contribution is -0.137. The lowest BCUT2D eigenvalue weighted by Gasteiger charge is -2.30. The molecule has 6 heteroatoms. The normalized spacial score (nSPS) is 23.2. The van der Waals surface area contributed by atoms with Crippen molar-refractivity contribution in [3.8, 4) is 0 Å². The van der Waals surface area contributed by atoms with Crippen LogP contribution in [0.3, 0.4) is 0 Å². The van der Waals surface area contributed by atoms with Gasteiger partial charge < -0.3 is 10.1 Å². The molecule has 2 nitrogen and oxygen atoms in total. The Kier molecular flexibility index (Phi) is 4.64. The van der Waals surface area contributed by atoms with E-state index in [-0.39, 0.29) is 24.6 Å². The van der Waals surface area contributed by atoms with Crippen LogP contribution in [0.5, 0.6) is 0 Å². The van der Waals surface area contributed by atoms with Gasteiger partial charge in [0.05, 0.1) is 24.3 Å². The number of hydrogen-bond donors (Lipinski definition) is 1. The predicted octanol–water partition coefficient (Wildman–Crippen LogP) is 3.48. The molecule has 0 spiro atoms. The van der Waals surface area contributed by atoms with Crippen LogP contribution in [0.25, 0.3) is 0 Å². The van der Waals surface area contributed by atoms with Crippen LogP contribution in [-0.2, 0) is 10.9 Å². The molecule has 2 unspecified atom stereocenters. The van der Waals surface area contributed by atoms with E-state index in [1.807, 2.05) is 0 Å². The topological polar surface area (TPSA) is 21.3 Å². The Bertz CT molecular complexity index is 422. The maximum Gasteiger partial charge on any atom is 0.416 e. The zero-order chi connectivity index (χ0) is 12.6. The Hall–Kier alpha value is -0.780. The van der Waals surface area contributed by atoms with Crippen molar-refractivity contribution in [2.24, 2.45) is 0 Å². The molecule has 0 fully saturated rings. The number of nitrogens with one attached hydrogen (secondary N) is 1. The maximum absolute atomic E-state index is 12.6. The number of fused-ring (bicyclic) bond motifs is 1. The standard InChI is InChI=1S/C12H14F3NO.ClH/c1-7-10-5-8(12(13,14)15)3-4-9(10)11(16-2)6-17-7;/h3-5,7,11,16H,6H2,1-2H3;1H. The first-order valence-corrected chi connectivity index (χ1v) is 5.43. The summed E-state index contributed by atoms with van der Waals surface area (Å²) >= 11 is 0. The van der Waals surface area contributed by atoms with Crippen molar-refractivity contribution in [3.05, 3.63) is 34.9 Å². The average molecular weight is 282 g/mol. The fourth-order valence-electron chi connectivity index (χ4n) is 2.08. The Morgan fingerprint density at radius 3 is 2.50 bits per heavy atom. The minimum absolute atomic E-state index is 0. The number of likely N-dealkylation sites (N-methyl/N-ethyl adjacent to an activating group) is 1. The van der Waals surface area contributed by atoms with E-state index in [2.05, 4.69) is 5.32 Å². The first-order chi connectivity index (χ1) is 7.93. The Balaban J connectivity index is 0.00000162. The second kappa shape index (κ2) is 5.47. The smallest absolute Gasteiger partial charge is 0.372 e. The van der Waals surface area contributed by atoms with Crippen LogP contribution in [0.1, 0.15) is 35.8 Å². The van der Waals surface area contributed by atoms with Crippen LogP contribution in [0.4, 0.5) is 13.2 Å². The summed E-state index contributed by atoms with van der Waals surface area (Å²) in [5.74, 6) is 0. The van der Waals surface area contributed by atoms with Gasteiger partial charge in [0, 0.05) is 0 Å². The fraction of sp³-hybridized carbons (Fsp3) is 0.500. The molecule has 2 atom stereocenters. The van der Waals surface area contributed by atoms with Gasteiger partial charge in [-0.15, -0.1) is 12.4 Å². The van der Waals surface area contributed by atoms with Gasteiger partial charge in [0.1, 0.15) is 0 Å². The molecule has 1 N–H and O–H groups in total. The number of alkyl halides is 3. The van der Waals surface area contributed by atoms with Gasteiger partial charge in [-0.1, -0.05) is 6.07 Å². The highest BCUT2D eigenvalue weighted by Crippen LogP contribution is 2.37. The van der Waals surface area contributed by atoms with Crippen LogP contribution >= 0.6 is 12.4 Å². The van der Waals surface area contributed by atoms with Crippen molar-refractivity contribution < 1.29 is 17.9 Å². The molecular formula is C12H15ClF3NO. The summed E-state index contributed by atoms with van der Waals surface area (Å²) in [7, 11) is 1.77. The van der Waals surface area contributed by atoms with Gasteiger partial charge in [0.2, 0.25) is 0 Å². The number of rotatable bonds is 1. The Morgan fingerprint density at radius 2 is 1.94 bits per heavy atom. The van der Waals surface area contributed by atoms with Crippen LogP contribution in [0.2, 0.25) is 0 Å². The monoisotopic (exact) mass is 281 g/mol. The molecule has 1 heterocycles. The van der Waals surface area contributed by atoms with E-state index >= 15 is 0 Å². The van der Waals surface area contributed by atoms with Gasteiger partial charge in [-0.25, -0.2) is 0 Å². The summed E-state index contributed by atoms with van der Waals surface area (Å²) in [6.07, 6.45) is -4.60. The minimum Gasteiger partial charge on any atom is -0.372 e. The minimum atomic E-state index is -4.30. The van der Waals surface area contributed by atoms with E-state index in [9.17, 15) is 13.2 Å². The van der Waals surface area contributed by atoms with Crippen LogP contribution in [-0.4, -0.2) is 13.7 Å². The molecule has 0 bridgehead atoms. The lowest BCUT2D eigenvalue weighted by Crippen LogP contribution is -2.28. The second-order valence-electron chi connectivity index (χ2n) is 4.16. The molecule has 0 aromatic heterocycles. The third-order valence-electron chi connectivity index (χ3n) is 3.09. The Morgan fingerprint density at radius 1 is 1.28 bits per heavy atom. The van der Waals surface area contributed by atoms with Crippen LogP contribution in [0.15, 0.2) is 18.2 Å². The molecule has 0 aliphatic carbocycles. The SMILES string of the molecule is CNC1COC(C)c2cc(C(F)(F)F)ccc21.Cl.